The summed E-state index contributed by atoms with van der Waals surface area (Å²) in [5.41, 5.74) is 3.03. The van der Waals surface area contributed by atoms with Crippen molar-refractivity contribution in [2.24, 2.45) is 5.92 Å². The number of aromatic nitrogens is 2. The SMILES string of the molecule is OC(c1ccc(-c2ccccc2Cl)cc1)C1CCN(c2ncccn2)CC1. The Labute approximate surface area is 164 Å². The molecule has 2 aromatic carbocycles. The van der Waals surface area contributed by atoms with Crippen LogP contribution in [0.15, 0.2) is 67.0 Å². The molecule has 3 aromatic rings. The summed E-state index contributed by atoms with van der Waals surface area (Å²) >= 11 is 6.28. The van der Waals surface area contributed by atoms with Crippen molar-refractivity contribution in [3.8, 4) is 11.1 Å². The number of benzene rings is 2. The quantitative estimate of drug-likeness (QED) is 0.710. The van der Waals surface area contributed by atoms with E-state index in [-0.39, 0.29) is 5.92 Å². The summed E-state index contributed by atoms with van der Waals surface area (Å²) in [7, 11) is 0. The minimum atomic E-state index is -0.455. The minimum Gasteiger partial charge on any atom is -0.388 e. The molecule has 0 bridgehead atoms. The van der Waals surface area contributed by atoms with Crippen molar-refractivity contribution < 1.29 is 5.11 Å². The summed E-state index contributed by atoms with van der Waals surface area (Å²) in [5, 5.41) is 11.6. The third-order valence-electron chi connectivity index (χ3n) is 5.26. The first-order chi connectivity index (χ1) is 13.2. The Kier molecular flexibility index (Phi) is 5.37. The molecule has 0 amide bonds. The largest absolute Gasteiger partial charge is 0.388 e. The smallest absolute Gasteiger partial charge is 0.225 e. The molecular weight excluding hydrogens is 358 g/mol. The highest BCUT2D eigenvalue weighted by Crippen LogP contribution is 2.33. The van der Waals surface area contributed by atoms with Crippen LogP contribution in [0.4, 0.5) is 5.95 Å². The third kappa shape index (κ3) is 3.97. The van der Waals surface area contributed by atoms with Crippen LogP contribution >= 0.6 is 11.6 Å². The number of anilines is 1. The van der Waals surface area contributed by atoms with E-state index in [4.69, 9.17) is 11.6 Å². The van der Waals surface area contributed by atoms with E-state index < -0.39 is 6.10 Å². The van der Waals surface area contributed by atoms with Crippen molar-refractivity contribution in [3.63, 3.8) is 0 Å². The fraction of sp³-hybridized carbons (Fsp3) is 0.273. The van der Waals surface area contributed by atoms with Crippen LogP contribution < -0.4 is 4.90 Å². The van der Waals surface area contributed by atoms with Crippen molar-refractivity contribution in [1.82, 2.24) is 9.97 Å². The summed E-state index contributed by atoms with van der Waals surface area (Å²) in [5.74, 6) is 1.02. The Balaban J connectivity index is 1.42. The Morgan fingerprint density at radius 3 is 2.26 bits per heavy atom. The third-order valence-corrected chi connectivity index (χ3v) is 5.59. The van der Waals surface area contributed by atoms with Gasteiger partial charge in [-0.2, -0.15) is 0 Å². The van der Waals surface area contributed by atoms with Crippen LogP contribution in [0, 0.1) is 5.92 Å². The van der Waals surface area contributed by atoms with Crippen molar-refractivity contribution >= 4 is 17.5 Å². The average molecular weight is 380 g/mol. The Morgan fingerprint density at radius 2 is 1.59 bits per heavy atom. The number of halogens is 1. The maximum atomic E-state index is 10.8. The van der Waals surface area contributed by atoms with E-state index in [2.05, 4.69) is 14.9 Å². The number of aliphatic hydroxyl groups is 1. The van der Waals surface area contributed by atoms with Crippen LogP contribution in [0.2, 0.25) is 5.02 Å². The van der Waals surface area contributed by atoms with Crippen LogP contribution in [0.25, 0.3) is 11.1 Å². The lowest BCUT2D eigenvalue weighted by Gasteiger charge is -2.34. The zero-order valence-electron chi connectivity index (χ0n) is 15.0. The van der Waals surface area contributed by atoms with Gasteiger partial charge in [0.1, 0.15) is 0 Å². The molecule has 1 unspecified atom stereocenters. The van der Waals surface area contributed by atoms with Gasteiger partial charge >= 0.3 is 0 Å². The maximum absolute atomic E-state index is 10.8. The van der Waals surface area contributed by atoms with Crippen LogP contribution in [-0.4, -0.2) is 28.2 Å². The Bertz CT molecular complexity index is 878. The zero-order valence-corrected chi connectivity index (χ0v) is 15.8. The second-order valence-electron chi connectivity index (χ2n) is 6.92. The van der Waals surface area contributed by atoms with Crippen LogP contribution in [0.3, 0.4) is 0 Å². The summed E-state index contributed by atoms with van der Waals surface area (Å²) < 4.78 is 0. The van der Waals surface area contributed by atoms with Gasteiger partial charge in [0.25, 0.3) is 0 Å². The molecule has 2 heterocycles. The van der Waals surface area contributed by atoms with E-state index in [9.17, 15) is 5.11 Å². The first-order valence-corrected chi connectivity index (χ1v) is 9.65. The molecule has 4 rings (SSSR count). The van der Waals surface area contributed by atoms with Gasteiger partial charge in [0.05, 0.1) is 6.10 Å². The molecule has 1 aliphatic heterocycles. The fourth-order valence-corrected chi connectivity index (χ4v) is 3.94. The second-order valence-corrected chi connectivity index (χ2v) is 7.33. The zero-order chi connectivity index (χ0) is 18.6. The standard InChI is InChI=1S/C22H22ClN3O/c23-20-5-2-1-4-19(20)16-6-8-17(9-7-16)21(27)18-10-14-26(15-11-18)22-24-12-3-13-25-22/h1-9,12-13,18,21,27H,10-11,14-15H2. The van der Waals surface area contributed by atoms with Gasteiger partial charge in [0.2, 0.25) is 5.95 Å². The first kappa shape index (κ1) is 18.0. The molecule has 27 heavy (non-hydrogen) atoms. The van der Waals surface area contributed by atoms with Gasteiger partial charge in [-0.1, -0.05) is 54.1 Å². The molecule has 5 heteroatoms. The lowest BCUT2D eigenvalue weighted by molar-refractivity contribution is 0.0928. The van der Waals surface area contributed by atoms with E-state index in [1.165, 1.54) is 0 Å². The predicted octanol–water partition coefficient (Wildman–Crippen LogP) is 4.75. The number of piperidine rings is 1. The van der Waals surface area contributed by atoms with Gasteiger partial charge in [-0.15, -0.1) is 0 Å². The maximum Gasteiger partial charge on any atom is 0.225 e. The molecule has 1 aromatic heterocycles. The lowest BCUT2D eigenvalue weighted by atomic mass is 9.87. The lowest BCUT2D eigenvalue weighted by Crippen LogP contribution is -2.36. The van der Waals surface area contributed by atoms with Crippen molar-refractivity contribution in [1.29, 1.82) is 0 Å². The molecule has 0 radical (unpaired) electrons. The summed E-state index contributed by atoms with van der Waals surface area (Å²) in [6, 6.07) is 17.7. The molecule has 138 valence electrons. The van der Waals surface area contributed by atoms with Gasteiger partial charge in [0.15, 0.2) is 0 Å². The highest BCUT2D eigenvalue weighted by atomic mass is 35.5. The van der Waals surface area contributed by atoms with Crippen molar-refractivity contribution in [3.05, 3.63) is 77.6 Å². The van der Waals surface area contributed by atoms with E-state index in [0.29, 0.717) is 0 Å². The van der Waals surface area contributed by atoms with Crippen LogP contribution in [-0.2, 0) is 0 Å². The molecule has 1 atom stereocenters. The summed E-state index contributed by atoms with van der Waals surface area (Å²) in [4.78, 5) is 10.8. The molecule has 1 fully saturated rings. The van der Waals surface area contributed by atoms with Gasteiger partial charge in [-0.05, 0) is 42.0 Å². The van der Waals surface area contributed by atoms with Gasteiger partial charge in [-0.25, -0.2) is 9.97 Å². The van der Waals surface area contributed by atoms with E-state index in [0.717, 1.165) is 53.6 Å². The number of nitrogens with zero attached hydrogens (tertiary/aromatic N) is 3. The molecule has 0 spiro atoms. The number of aliphatic hydroxyl groups excluding tert-OH is 1. The minimum absolute atomic E-state index is 0.246. The normalized spacial score (nSPS) is 16.3. The van der Waals surface area contributed by atoms with Crippen molar-refractivity contribution in [2.45, 2.75) is 18.9 Å². The van der Waals surface area contributed by atoms with E-state index >= 15 is 0 Å². The van der Waals surface area contributed by atoms with E-state index in [1.54, 1.807) is 12.4 Å². The highest BCUT2D eigenvalue weighted by molar-refractivity contribution is 6.33. The molecule has 1 aliphatic rings. The van der Waals surface area contributed by atoms with Gasteiger partial charge < -0.3 is 10.0 Å². The van der Waals surface area contributed by atoms with Gasteiger partial charge in [-0.3, -0.25) is 0 Å². The Hall–Kier alpha value is -2.43. The van der Waals surface area contributed by atoms with Crippen LogP contribution in [0.5, 0.6) is 0 Å². The molecule has 0 aliphatic carbocycles. The molecule has 0 saturated carbocycles. The summed E-state index contributed by atoms with van der Waals surface area (Å²) in [6.45, 7) is 1.73. The average Bonchev–Trinajstić information content (AvgIpc) is 2.74. The topological polar surface area (TPSA) is 49.2 Å². The predicted molar refractivity (Wildman–Crippen MR) is 109 cm³/mol. The van der Waals surface area contributed by atoms with E-state index in [1.807, 2.05) is 54.6 Å². The molecule has 1 saturated heterocycles. The van der Waals surface area contributed by atoms with Crippen molar-refractivity contribution in [2.75, 3.05) is 18.0 Å². The molecule has 1 N–H and O–H groups in total. The number of hydrogen-bond donors (Lipinski definition) is 1. The fourth-order valence-electron chi connectivity index (χ4n) is 3.70. The summed E-state index contributed by atoms with van der Waals surface area (Å²) in [6.07, 6.45) is 4.93. The van der Waals surface area contributed by atoms with Crippen LogP contribution in [0.1, 0.15) is 24.5 Å². The second kappa shape index (κ2) is 8.07. The highest BCUT2D eigenvalue weighted by Gasteiger charge is 2.27. The number of hydrogen-bond acceptors (Lipinski definition) is 4. The van der Waals surface area contributed by atoms with Gasteiger partial charge in [0, 0.05) is 36.1 Å². The monoisotopic (exact) mass is 379 g/mol. The molecular formula is C22H22ClN3O. The first-order valence-electron chi connectivity index (χ1n) is 9.27. The molecule has 4 nitrogen and oxygen atoms in total. The number of rotatable bonds is 4. The Morgan fingerprint density at radius 1 is 0.926 bits per heavy atom.